The van der Waals surface area contributed by atoms with Gasteiger partial charge in [-0.3, -0.25) is 4.99 Å². The van der Waals surface area contributed by atoms with Crippen molar-refractivity contribution in [3.8, 4) is 0 Å². The number of nitrogens with one attached hydrogen (secondary N) is 2. The van der Waals surface area contributed by atoms with Crippen LogP contribution in [0, 0.1) is 0 Å². The number of rotatable bonds is 5. The minimum absolute atomic E-state index is 0.117. The molecule has 0 aliphatic heterocycles. The van der Waals surface area contributed by atoms with Crippen LogP contribution in [0.3, 0.4) is 0 Å². The fourth-order valence-corrected chi connectivity index (χ4v) is 3.87. The molecule has 2 aliphatic rings. The largest absolute Gasteiger partial charge is 0.393 e. The maximum atomic E-state index is 9.65. The zero-order valence-electron chi connectivity index (χ0n) is 14.4. The molecule has 0 heterocycles. The molecule has 0 bridgehead atoms. The topological polar surface area (TPSA) is 56.7 Å². The first-order valence-corrected chi connectivity index (χ1v) is 9.89. The number of halogens is 1. The molecule has 2 saturated carbocycles. The van der Waals surface area contributed by atoms with Crippen LogP contribution >= 0.6 is 15.9 Å². The van der Waals surface area contributed by atoms with Gasteiger partial charge in [0.15, 0.2) is 5.96 Å². The molecular formula is C19H28BrN3O. The maximum absolute atomic E-state index is 9.65. The van der Waals surface area contributed by atoms with Crippen molar-refractivity contribution in [2.24, 2.45) is 4.99 Å². The van der Waals surface area contributed by atoms with Gasteiger partial charge in [-0.05, 0) is 63.1 Å². The van der Waals surface area contributed by atoms with Gasteiger partial charge >= 0.3 is 0 Å². The van der Waals surface area contributed by atoms with Gasteiger partial charge in [0.1, 0.15) is 0 Å². The molecule has 4 nitrogen and oxygen atoms in total. The minimum atomic E-state index is -0.117. The number of aliphatic hydroxyl groups is 1. The lowest BCUT2D eigenvalue weighted by Gasteiger charge is -2.28. The van der Waals surface area contributed by atoms with E-state index < -0.39 is 0 Å². The molecule has 24 heavy (non-hydrogen) atoms. The lowest BCUT2D eigenvalue weighted by Crippen LogP contribution is -2.45. The Hall–Kier alpha value is -1.07. The van der Waals surface area contributed by atoms with Crippen molar-refractivity contribution in [2.45, 2.75) is 63.0 Å². The Bertz CT molecular complexity index is 578. The third-order valence-corrected chi connectivity index (χ3v) is 5.71. The highest BCUT2D eigenvalue weighted by Gasteiger charge is 2.44. The van der Waals surface area contributed by atoms with Gasteiger partial charge in [0.05, 0.1) is 12.6 Å². The maximum Gasteiger partial charge on any atom is 0.191 e. The average Bonchev–Trinajstić information content (AvgIpc) is 3.36. The zero-order chi connectivity index (χ0) is 17.0. The molecule has 2 aliphatic carbocycles. The Labute approximate surface area is 153 Å². The second-order valence-electron chi connectivity index (χ2n) is 7.14. The molecule has 0 amide bonds. The van der Waals surface area contributed by atoms with Crippen molar-refractivity contribution in [3.63, 3.8) is 0 Å². The zero-order valence-corrected chi connectivity index (χ0v) is 16.0. The van der Waals surface area contributed by atoms with E-state index in [2.05, 4.69) is 57.8 Å². The van der Waals surface area contributed by atoms with Gasteiger partial charge in [-0.2, -0.15) is 0 Å². The summed E-state index contributed by atoms with van der Waals surface area (Å²) in [6, 6.07) is 9.06. The molecular weight excluding hydrogens is 366 g/mol. The number of hydrogen-bond acceptors (Lipinski definition) is 2. The van der Waals surface area contributed by atoms with Gasteiger partial charge in [0, 0.05) is 22.5 Å². The Morgan fingerprint density at radius 3 is 2.67 bits per heavy atom. The van der Waals surface area contributed by atoms with Crippen LogP contribution in [0.4, 0.5) is 0 Å². The van der Waals surface area contributed by atoms with E-state index in [9.17, 15) is 5.11 Å². The van der Waals surface area contributed by atoms with E-state index >= 15 is 0 Å². The molecule has 2 fully saturated rings. The Balaban J connectivity index is 1.63. The highest BCUT2D eigenvalue weighted by atomic mass is 79.9. The predicted octanol–water partition coefficient (Wildman–Crippen LogP) is 3.34. The summed E-state index contributed by atoms with van der Waals surface area (Å²) in [5, 5.41) is 16.6. The average molecular weight is 394 g/mol. The van der Waals surface area contributed by atoms with E-state index in [4.69, 9.17) is 4.99 Å². The summed E-state index contributed by atoms with van der Waals surface area (Å²) < 4.78 is 1.14. The Morgan fingerprint density at radius 1 is 1.29 bits per heavy atom. The summed E-state index contributed by atoms with van der Waals surface area (Å²) in [4.78, 5) is 4.88. The normalized spacial score (nSPS) is 26.0. The molecule has 0 aromatic heterocycles. The molecule has 1 aromatic carbocycles. The van der Waals surface area contributed by atoms with E-state index in [1.165, 1.54) is 18.4 Å². The molecule has 0 radical (unpaired) electrons. The molecule has 3 rings (SSSR count). The van der Waals surface area contributed by atoms with E-state index in [1.807, 2.05) is 0 Å². The predicted molar refractivity (Wildman–Crippen MR) is 102 cm³/mol. The number of nitrogens with zero attached hydrogens (tertiary/aromatic N) is 1. The standard InChI is InChI=1S/C19H28BrN3O/c1-2-21-18(23-16-6-8-17(24)9-7-16)22-13-19(10-11-19)14-4-3-5-15(20)12-14/h3-5,12,16-17,24H,2,6-11,13H2,1H3,(H2,21,22,23). The summed E-state index contributed by atoms with van der Waals surface area (Å²) >= 11 is 3.58. The van der Waals surface area contributed by atoms with Crippen molar-refractivity contribution < 1.29 is 5.11 Å². The van der Waals surface area contributed by atoms with Crippen LogP contribution in [0.15, 0.2) is 33.7 Å². The molecule has 0 spiro atoms. The van der Waals surface area contributed by atoms with Crippen molar-refractivity contribution in [2.75, 3.05) is 13.1 Å². The molecule has 1 aromatic rings. The van der Waals surface area contributed by atoms with Crippen molar-refractivity contribution in [3.05, 3.63) is 34.3 Å². The fourth-order valence-electron chi connectivity index (χ4n) is 3.47. The lowest BCUT2D eigenvalue weighted by atomic mass is 9.93. The summed E-state index contributed by atoms with van der Waals surface area (Å²) in [5.74, 6) is 0.917. The van der Waals surface area contributed by atoms with Gasteiger partial charge in [0.2, 0.25) is 0 Å². The van der Waals surface area contributed by atoms with Gasteiger partial charge in [-0.25, -0.2) is 0 Å². The third-order valence-electron chi connectivity index (χ3n) is 5.21. The second-order valence-corrected chi connectivity index (χ2v) is 8.05. The summed E-state index contributed by atoms with van der Waals surface area (Å²) in [5.41, 5.74) is 1.60. The van der Waals surface area contributed by atoms with Crippen molar-refractivity contribution >= 4 is 21.9 Å². The van der Waals surface area contributed by atoms with Crippen LogP contribution in [0.1, 0.15) is 51.0 Å². The number of hydrogen-bond donors (Lipinski definition) is 3. The Morgan fingerprint density at radius 2 is 2.04 bits per heavy atom. The van der Waals surface area contributed by atoms with Crippen molar-refractivity contribution in [1.29, 1.82) is 0 Å². The van der Waals surface area contributed by atoms with Gasteiger partial charge in [-0.1, -0.05) is 28.1 Å². The number of aliphatic imine (C=N–C) groups is 1. The minimum Gasteiger partial charge on any atom is -0.393 e. The number of guanidine groups is 1. The molecule has 132 valence electrons. The Kier molecular flexibility index (Phi) is 5.82. The van der Waals surface area contributed by atoms with Crippen LogP contribution in [0.25, 0.3) is 0 Å². The van der Waals surface area contributed by atoms with Gasteiger partial charge < -0.3 is 15.7 Å². The van der Waals surface area contributed by atoms with Gasteiger partial charge in [-0.15, -0.1) is 0 Å². The first-order chi connectivity index (χ1) is 11.6. The molecule has 5 heteroatoms. The lowest BCUT2D eigenvalue weighted by molar-refractivity contribution is 0.120. The smallest absolute Gasteiger partial charge is 0.191 e. The number of aliphatic hydroxyl groups excluding tert-OH is 1. The third kappa shape index (κ3) is 4.51. The van der Waals surface area contributed by atoms with Crippen LogP contribution in [0.2, 0.25) is 0 Å². The van der Waals surface area contributed by atoms with Crippen LogP contribution in [-0.2, 0) is 5.41 Å². The summed E-state index contributed by atoms with van der Waals surface area (Å²) in [7, 11) is 0. The highest BCUT2D eigenvalue weighted by Crippen LogP contribution is 2.48. The van der Waals surface area contributed by atoms with E-state index in [1.54, 1.807) is 0 Å². The fraction of sp³-hybridized carbons (Fsp3) is 0.632. The second kappa shape index (κ2) is 7.87. The number of benzene rings is 1. The first-order valence-electron chi connectivity index (χ1n) is 9.10. The van der Waals surface area contributed by atoms with E-state index in [-0.39, 0.29) is 11.5 Å². The van der Waals surface area contributed by atoms with E-state index in [0.29, 0.717) is 6.04 Å². The van der Waals surface area contributed by atoms with Crippen LogP contribution in [-0.4, -0.2) is 36.3 Å². The molecule has 0 saturated heterocycles. The van der Waals surface area contributed by atoms with Gasteiger partial charge in [0.25, 0.3) is 0 Å². The summed E-state index contributed by atoms with van der Waals surface area (Å²) in [6.45, 7) is 3.79. The van der Waals surface area contributed by atoms with Crippen molar-refractivity contribution in [1.82, 2.24) is 10.6 Å². The van der Waals surface area contributed by atoms with E-state index in [0.717, 1.165) is 49.2 Å². The molecule has 0 atom stereocenters. The van der Waals surface area contributed by atoms with Crippen LogP contribution < -0.4 is 10.6 Å². The quantitative estimate of drug-likeness (QED) is 0.531. The summed E-state index contributed by atoms with van der Waals surface area (Å²) in [6.07, 6.45) is 6.11. The monoisotopic (exact) mass is 393 g/mol. The molecule has 3 N–H and O–H groups in total. The highest BCUT2D eigenvalue weighted by molar-refractivity contribution is 9.10. The first kappa shape index (κ1) is 17.7. The SMILES string of the molecule is CCNC(=NCC1(c2cccc(Br)c2)CC1)NC1CCC(O)CC1. The van der Waals surface area contributed by atoms with Crippen LogP contribution in [0.5, 0.6) is 0 Å². The molecule has 0 unspecified atom stereocenters.